The van der Waals surface area contributed by atoms with E-state index < -0.39 is 6.10 Å². The van der Waals surface area contributed by atoms with E-state index in [9.17, 15) is 5.11 Å². The molecule has 1 unspecified atom stereocenters. The van der Waals surface area contributed by atoms with E-state index in [0.717, 1.165) is 5.56 Å². The molecule has 20 heavy (non-hydrogen) atoms. The summed E-state index contributed by atoms with van der Waals surface area (Å²) in [7, 11) is 3.18. The average molecular weight is 281 g/mol. The van der Waals surface area contributed by atoms with Gasteiger partial charge in [-0.15, -0.1) is 0 Å². The Hall–Kier alpha value is -1.46. The van der Waals surface area contributed by atoms with Crippen LogP contribution in [0.4, 0.5) is 0 Å². The normalized spacial score (nSPS) is 15.8. The van der Waals surface area contributed by atoms with Gasteiger partial charge < -0.3 is 24.6 Å². The van der Waals surface area contributed by atoms with Crippen LogP contribution in [0, 0.1) is 6.92 Å². The molecule has 1 aliphatic carbocycles. The number of benzene rings is 1. The number of aliphatic hydroxyl groups excluding tert-OH is 1. The maximum absolute atomic E-state index is 9.90. The van der Waals surface area contributed by atoms with Gasteiger partial charge in [0, 0.05) is 12.6 Å². The van der Waals surface area contributed by atoms with Crippen LogP contribution in [0.2, 0.25) is 0 Å². The molecule has 5 nitrogen and oxygen atoms in total. The number of aliphatic hydroxyl groups is 1. The minimum atomic E-state index is -0.550. The highest BCUT2D eigenvalue weighted by Gasteiger charge is 2.22. The van der Waals surface area contributed by atoms with E-state index in [0.29, 0.717) is 29.8 Å². The van der Waals surface area contributed by atoms with Crippen molar-refractivity contribution in [1.82, 2.24) is 5.32 Å². The van der Waals surface area contributed by atoms with Crippen LogP contribution in [0.3, 0.4) is 0 Å². The second kappa shape index (κ2) is 6.81. The standard InChI is InChI=1S/C15H23NO4/c1-10-6-13(18-2)15(14(7-10)19-3)20-9-12(17)8-16-11-4-5-11/h6-7,11-12,16-17H,4-5,8-9H2,1-3H3. The molecule has 1 aliphatic rings. The van der Waals surface area contributed by atoms with Crippen molar-refractivity contribution in [3.8, 4) is 17.2 Å². The Morgan fingerprint density at radius 3 is 2.35 bits per heavy atom. The van der Waals surface area contributed by atoms with Crippen molar-refractivity contribution in [2.45, 2.75) is 31.9 Å². The third-order valence-electron chi connectivity index (χ3n) is 3.24. The Bertz CT molecular complexity index is 420. The van der Waals surface area contributed by atoms with Crippen molar-refractivity contribution in [2.75, 3.05) is 27.4 Å². The summed E-state index contributed by atoms with van der Waals surface area (Å²) in [5.41, 5.74) is 1.03. The van der Waals surface area contributed by atoms with Crippen molar-refractivity contribution in [1.29, 1.82) is 0 Å². The van der Waals surface area contributed by atoms with E-state index in [1.807, 2.05) is 19.1 Å². The summed E-state index contributed by atoms with van der Waals surface area (Å²) in [6.07, 6.45) is 1.85. The molecule has 0 aliphatic heterocycles. The Labute approximate surface area is 119 Å². The van der Waals surface area contributed by atoms with Gasteiger partial charge in [0.1, 0.15) is 12.7 Å². The molecule has 112 valence electrons. The minimum Gasteiger partial charge on any atom is -0.493 e. The zero-order valence-electron chi connectivity index (χ0n) is 12.3. The van der Waals surface area contributed by atoms with Gasteiger partial charge in [0.2, 0.25) is 5.75 Å². The van der Waals surface area contributed by atoms with Gasteiger partial charge >= 0.3 is 0 Å². The highest BCUT2D eigenvalue weighted by atomic mass is 16.5. The van der Waals surface area contributed by atoms with E-state index in [-0.39, 0.29) is 6.61 Å². The second-order valence-corrected chi connectivity index (χ2v) is 5.15. The third kappa shape index (κ3) is 4.02. The van der Waals surface area contributed by atoms with Gasteiger partial charge in [0.05, 0.1) is 14.2 Å². The number of aryl methyl sites for hydroxylation is 1. The lowest BCUT2D eigenvalue weighted by Gasteiger charge is -2.17. The van der Waals surface area contributed by atoms with Crippen LogP contribution in [0.1, 0.15) is 18.4 Å². The Kier molecular flexibility index (Phi) is 5.09. The molecule has 0 amide bonds. The number of methoxy groups -OCH3 is 2. The van der Waals surface area contributed by atoms with E-state index in [1.165, 1.54) is 12.8 Å². The summed E-state index contributed by atoms with van der Waals surface area (Å²) in [5.74, 6) is 1.76. The van der Waals surface area contributed by atoms with E-state index in [4.69, 9.17) is 14.2 Å². The molecule has 2 rings (SSSR count). The average Bonchev–Trinajstić information content (AvgIpc) is 3.26. The molecule has 1 aromatic rings. The van der Waals surface area contributed by atoms with Gasteiger partial charge in [-0.25, -0.2) is 0 Å². The van der Waals surface area contributed by atoms with Crippen LogP contribution in [-0.2, 0) is 0 Å². The Morgan fingerprint density at radius 2 is 1.85 bits per heavy atom. The summed E-state index contributed by atoms with van der Waals surface area (Å²) in [4.78, 5) is 0. The van der Waals surface area contributed by atoms with Gasteiger partial charge in [-0.3, -0.25) is 0 Å². The Balaban J connectivity index is 1.95. The highest BCUT2D eigenvalue weighted by Crippen LogP contribution is 2.38. The first kappa shape index (κ1) is 14.9. The second-order valence-electron chi connectivity index (χ2n) is 5.15. The van der Waals surface area contributed by atoms with E-state index >= 15 is 0 Å². The van der Waals surface area contributed by atoms with Crippen molar-refractivity contribution in [3.63, 3.8) is 0 Å². The minimum absolute atomic E-state index is 0.204. The van der Waals surface area contributed by atoms with Gasteiger partial charge in [-0.1, -0.05) is 0 Å². The van der Waals surface area contributed by atoms with E-state index in [2.05, 4.69) is 5.32 Å². The zero-order chi connectivity index (χ0) is 14.5. The molecule has 1 saturated carbocycles. The molecule has 5 heteroatoms. The molecule has 0 radical (unpaired) electrons. The molecule has 0 heterocycles. The number of hydrogen-bond acceptors (Lipinski definition) is 5. The van der Waals surface area contributed by atoms with Crippen molar-refractivity contribution < 1.29 is 19.3 Å². The summed E-state index contributed by atoms with van der Waals surface area (Å²) >= 11 is 0. The summed E-state index contributed by atoms with van der Waals surface area (Å²) in [5, 5.41) is 13.2. The summed E-state index contributed by atoms with van der Waals surface area (Å²) in [6.45, 7) is 2.71. The lowest BCUT2D eigenvalue weighted by atomic mass is 10.2. The fourth-order valence-corrected chi connectivity index (χ4v) is 1.98. The molecule has 0 saturated heterocycles. The predicted octanol–water partition coefficient (Wildman–Crippen LogP) is 1.50. The number of ether oxygens (including phenoxy) is 3. The van der Waals surface area contributed by atoms with Crippen molar-refractivity contribution >= 4 is 0 Å². The molecular formula is C15H23NO4. The predicted molar refractivity (Wildman–Crippen MR) is 76.8 cm³/mol. The van der Waals surface area contributed by atoms with Crippen LogP contribution >= 0.6 is 0 Å². The smallest absolute Gasteiger partial charge is 0.203 e. The number of rotatable bonds is 8. The molecule has 0 bridgehead atoms. The zero-order valence-corrected chi connectivity index (χ0v) is 12.3. The fraction of sp³-hybridized carbons (Fsp3) is 0.600. The first-order valence-corrected chi connectivity index (χ1v) is 6.91. The topological polar surface area (TPSA) is 60.0 Å². The summed E-state index contributed by atoms with van der Waals surface area (Å²) < 4.78 is 16.3. The number of nitrogens with one attached hydrogen (secondary N) is 1. The molecule has 0 spiro atoms. The van der Waals surface area contributed by atoms with Gasteiger partial charge in [0.25, 0.3) is 0 Å². The molecule has 1 atom stereocenters. The maximum atomic E-state index is 9.90. The van der Waals surface area contributed by atoms with Crippen LogP contribution < -0.4 is 19.5 Å². The largest absolute Gasteiger partial charge is 0.493 e. The van der Waals surface area contributed by atoms with Gasteiger partial charge in [-0.2, -0.15) is 0 Å². The molecule has 1 fully saturated rings. The quantitative estimate of drug-likeness (QED) is 0.756. The van der Waals surface area contributed by atoms with Gasteiger partial charge in [0.15, 0.2) is 11.5 Å². The molecule has 0 aromatic heterocycles. The third-order valence-corrected chi connectivity index (χ3v) is 3.24. The maximum Gasteiger partial charge on any atom is 0.203 e. The first-order valence-electron chi connectivity index (χ1n) is 6.91. The molecular weight excluding hydrogens is 258 g/mol. The monoisotopic (exact) mass is 281 g/mol. The summed E-state index contributed by atoms with van der Waals surface area (Å²) in [6, 6.07) is 4.34. The fourth-order valence-electron chi connectivity index (χ4n) is 1.98. The van der Waals surface area contributed by atoms with Crippen molar-refractivity contribution in [3.05, 3.63) is 17.7 Å². The SMILES string of the molecule is COc1cc(C)cc(OC)c1OCC(O)CNC1CC1. The van der Waals surface area contributed by atoms with Gasteiger partial charge in [-0.05, 0) is 37.5 Å². The highest BCUT2D eigenvalue weighted by molar-refractivity contribution is 5.53. The van der Waals surface area contributed by atoms with Crippen LogP contribution in [0.25, 0.3) is 0 Å². The first-order chi connectivity index (χ1) is 9.63. The Morgan fingerprint density at radius 1 is 1.25 bits per heavy atom. The molecule has 1 aromatic carbocycles. The van der Waals surface area contributed by atoms with Crippen LogP contribution in [0.15, 0.2) is 12.1 Å². The number of hydrogen-bond donors (Lipinski definition) is 2. The lowest BCUT2D eigenvalue weighted by Crippen LogP contribution is -2.32. The van der Waals surface area contributed by atoms with E-state index in [1.54, 1.807) is 14.2 Å². The van der Waals surface area contributed by atoms with Crippen molar-refractivity contribution in [2.24, 2.45) is 0 Å². The van der Waals surface area contributed by atoms with Crippen LogP contribution in [0.5, 0.6) is 17.2 Å². The lowest BCUT2D eigenvalue weighted by molar-refractivity contribution is 0.102. The van der Waals surface area contributed by atoms with Crippen LogP contribution in [-0.4, -0.2) is 44.6 Å². The molecule has 2 N–H and O–H groups in total.